The lowest BCUT2D eigenvalue weighted by Gasteiger charge is -2.34. The van der Waals surface area contributed by atoms with Gasteiger partial charge in [-0.15, -0.1) is 0 Å². The Morgan fingerprint density at radius 2 is 1.56 bits per heavy atom. The largest absolute Gasteiger partial charge is 0.508 e. The van der Waals surface area contributed by atoms with E-state index in [2.05, 4.69) is 19.9 Å². The number of hydrogen-bond donors (Lipinski definition) is 2. The Morgan fingerprint density at radius 3 is 2.04 bits per heavy atom. The lowest BCUT2D eigenvalue weighted by atomic mass is 9.70. The Bertz CT molecular complexity index is 760. The maximum absolute atomic E-state index is 10.7. The summed E-state index contributed by atoms with van der Waals surface area (Å²) < 4.78 is 5.34. The minimum atomic E-state index is -0.987. The van der Waals surface area contributed by atoms with Gasteiger partial charge in [-0.25, -0.2) is 4.79 Å². The number of carboxylic acid groups (broad SMARTS) is 1. The first-order valence-corrected chi connectivity index (χ1v) is 8.60. The predicted octanol–water partition coefficient (Wildman–Crippen LogP) is 4.58. The van der Waals surface area contributed by atoms with Crippen LogP contribution in [-0.2, 0) is 10.2 Å². The van der Waals surface area contributed by atoms with Gasteiger partial charge in [0.1, 0.15) is 11.5 Å². The van der Waals surface area contributed by atoms with E-state index < -0.39 is 5.97 Å². The summed E-state index contributed by atoms with van der Waals surface area (Å²) in [5.41, 5.74) is 3.96. The van der Waals surface area contributed by atoms with Gasteiger partial charge in [0, 0.05) is 5.41 Å². The summed E-state index contributed by atoms with van der Waals surface area (Å²) in [5, 5.41) is 18.6. The summed E-state index contributed by atoms with van der Waals surface area (Å²) in [7, 11) is 0. The zero-order chi connectivity index (χ0) is 18.6. The number of phenols is 1. The highest BCUT2D eigenvalue weighted by atomic mass is 16.5. The van der Waals surface area contributed by atoms with Gasteiger partial charge in [0.15, 0.2) is 6.61 Å². The highest BCUT2D eigenvalue weighted by Crippen LogP contribution is 2.41. The van der Waals surface area contributed by atoms with E-state index in [-0.39, 0.29) is 12.0 Å². The van der Waals surface area contributed by atoms with Crippen LogP contribution in [0, 0.1) is 13.8 Å². The van der Waals surface area contributed by atoms with E-state index in [9.17, 15) is 9.90 Å². The Hall–Kier alpha value is -2.49. The molecule has 4 nitrogen and oxygen atoms in total. The number of carboxylic acids is 1. The molecule has 0 spiro atoms. The van der Waals surface area contributed by atoms with Crippen molar-refractivity contribution >= 4 is 5.97 Å². The van der Waals surface area contributed by atoms with Crippen molar-refractivity contribution in [2.75, 3.05) is 6.61 Å². The molecule has 0 bridgehead atoms. The molecule has 0 fully saturated rings. The third-order valence-electron chi connectivity index (χ3n) is 5.04. The zero-order valence-corrected chi connectivity index (χ0v) is 15.3. The number of hydrogen-bond acceptors (Lipinski definition) is 3. The number of aromatic hydroxyl groups is 1. The maximum atomic E-state index is 10.7. The van der Waals surface area contributed by atoms with E-state index >= 15 is 0 Å². The van der Waals surface area contributed by atoms with Crippen molar-refractivity contribution in [3.05, 3.63) is 58.7 Å². The summed E-state index contributed by atoms with van der Waals surface area (Å²) in [6.45, 7) is 7.82. The predicted molar refractivity (Wildman–Crippen MR) is 98.5 cm³/mol. The summed E-state index contributed by atoms with van der Waals surface area (Å²) in [4.78, 5) is 10.7. The second-order valence-corrected chi connectivity index (χ2v) is 6.45. The Kier molecular flexibility index (Phi) is 5.73. The first-order valence-electron chi connectivity index (χ1n) is 8.60. The summed E-state index contributed by atoms with van der Waals surface area (Å²) in [6.07, 6.45) is 1.84. The van der Waals surface area contributed by atoms with Crippen LogP contribution in [0.4, 0.5) is 0 Å². The molecule has 0 aliphatic rings. The number of aryl methyl sites for hydroxylation is 2. The van der Waals surface area contributed by atoms with E-state index in [1.165, 1.54) is 11.1 Å². The minimum absolute atomic E-state index is 0.158. The van der Waals surface area contributed by atoms with Crippen LogP contribution in [0.15, 0.2) is 36.4 Å². The number of ether oxygens (including phenoxy) is 1. The third-order valence-corrected chi connectivity index (χ3v) is 5.04. The van der Waals surface area contributed by atoms with Crippen LogP contribution >= 0.6 is 0 Å². The fraction of sp³-hybridized carbons (Fsp3) is 0.381. The lowest BCUT2D eigenvalue weighted by Crippen LogP contribution is -2.26. The molecule has 0 atom stereocenters. The minimum Gasteiger partial charge on any atom is -0.508 e. The van der Waals surface area contributed by atoms with Crippen molar-refractivity contribution in [1.82, 2.24) is 0 Å². The van der Waals surface area contributed by atoms with Gasteiger partial charge < -0.3 is 14.9 Å². The highest BCUT2D eigenvalue weighted by Gasteiger charge is 2.31. The maximum Gasteiger partial charge on any atom is 0.341 e. The number of aliphatic carboxylic acids is 1. The second-order valence-electron chi connectivity index (χ2n) is 6.45. The number of phenolic OH excluding ortho intramolecular Hbond substituents is 1. The van der Waals surface area contributed by atoms with Gasteiger partial charge in [-0.2, -0.15) is 0 Å². The molecule has 2 N–H and O–H groups in total. The molecule has 25 heavy (non-hydrogen) atoms. The van der Waals surface area contributed by atoms with Crippen LogP contribution in [0.2, 0.25) is 0 Å². The first-order chi connectivity index (χ1) is 11.8. The van der Waals surface area contributed by atoms with Gasteiger partial charge in [0.2, 0.25) is 0 Å². The summed E-state index contributed by atoms with van der Waals surface area (Å²) in [6, 6.07) is 11.7. The van der Waals surface area contributed by atoms with Crippen LogP contribution in [-0.4, -0.2) is 22.8 Å². The van der Waals surface area contributed by atoms with Crippen LogP contribution in [0.25, 0.3) is 0 Å². The van der Waals surface area contributed by atoms with Gasteiger partial charge in [-0.3, -0.25) is 0 Å². The number of benzene rings is 2. The van der Waals surface area contributed by atoms with Crippen molar-refractivity contribution in [1.29, 1.82) is 0 Å². The fourth-order valence-corrected chi connectivity index (χ4v) is 3.43. The molecule has 0 unspecified atom stereocenters. The normalized spacial score (nSPS) is 11.4. The van der Waals surface area contributed by atoms with Crippen molar-refractivity contribution in [2.45, 2.75) is 46.0 Å². The van der Waals surface area contributed by atoms with Gasteiger partial charge in [-0.05, 0) is 61.1 Å². The first kappa shape index (κ1) is 18.8. The Balaban J connectivity index is 2.47. The Morgan fingerprint density at radius 1 is 1.00 bits per heavy atom. The second kappa shape index (κ2) is 7.60. The van der Waals surface area contributed by atoms with Crippen molar-refractivity contribution in [3.8, 4) is 11.5 Å². The average molecular weight is 342 g/mol. The SMILES string of the molecule is CCC(CC)(c1ccc(O)c(C)c1)c1ccc(OCC(=O)O)c(C)c1. The monoisotopic (exact) mass is 342 g/mol. The molecule has 0 heterocycles. The molecule has 2 aromatic rings. The zero-order valence-electron chi connectivity index (χ0n) is 15.3. The number of carbonyl (C=O) groups is 1. The lowest BCUT2D eigenvalue weighted by molar-refractivity contribution is -0.139. The Labute approximate surface area is 149 Å². The molecule has 134 valence electrons. The summed E-state index contributed by atoms with van der Waals surface area (Å²) in [5.74, 6) is -0.0906. The van der Waals surface area contributed by atoms with Gasteiger partial charge in [0.05, 0.1) is 0 Å². The third kappa shape index (κ3) is 3.78. The van der Waals surface area contributed by atoms with Crippen molar-refractivity contribution < 1.29 is 19.7 Å². The molecular formula is C21H26O4. The highest BCUT2D eigenvalue weighted by molar-refractivity contribution is 5.68. The topological polar surface area (TPSA) is 66.8 Å². The van der Waals surface area contributed by atoms with E-state index in [0.29, 0.717) is 11.5 Å². The molecule has 0 aliphatic carbocycles. The van der Waals surface area contributed by atoms with Crippen molar-refractivity contribution in [3.63, 3.8) is 0 Å². The number of rotatable bonds is 7. The van der Waals surface area contributed by atoms with E-state index in [0.717, 1.165) is 24.0 Å². The standard InChI is InChI=1S/C21H26O4/c1-5-21(6-2,16-7-9-18(22)14(3)11-16)17-8-10-19(15(4)12-17)25-13-20(23)24/h7-12,22H,5-6,13H2,1-4H3,(H,23,24). The fourth-order valence-electron chi connectivity index (χ4n) is 3.43. The molecular weight excluding hydrogens is 316 g/mol. The van der Waals surface area contributed by atoms with Gasteiger partial charge >= 0.3 is 5.97 Å². The molecule has 4 heteroatoms. The average Bonchev–Trinajstić information content (AvgIpc) is 2.58. The van der Waals surface area contributed by atoms with E-state index in [1.54, 1.807) is 6.07 Å². The van der Waals surface area contributed by atoms with Crippen LogP contribution in [0.1, 0.15) is 48.9 Å². The molecule has 0 amide bonds. The van der Waals surface area contributed by atoms with Gasteiger partial charge in [0.25, 0.3) is 0 Å². The molecule has 0 saturated heterocycles. The van der Waals surface area contributed by atoms with Crippen LogP contribution in [0.3, 0.4) is 0 Å². The molecule has 0 saturated carbocycles. The smallest absolute Gasteiger partial charge is 0.341 e. The van der Waals surface area contributed by atoms with Crippen LogP contribution < -0.4 is 4.74 Å². The van der Waals surface area contributed by atoms with Gasteiger partial charge in [-0.1, -0.05) is 38.1 Å². The quantitative estimate of drug-likeness (QED) is 0.773. The van der Waals surface area contributed by atoms with Crippen molar-refractivity contribution in [2.24, 2.45) is 0 Å². The molecule has 2 rings (SSSR count). The molecule has 0 radical (unpaired) electrons. The molecule has 2 aromatic carbocycles. The molecule has 0 aliphatic heterocycles. The van der Waals surface area contributed by atoms with Crippen LogP contribution in [0.5, 0.6) is 11.5 Å². The van der Waals surface area contributed by atoms with E-state index in [4.69, 9.17) is 9.84 Å². The van der Waals surface area contributed by atoms with E-state index in [1.807, 2.05) is 38.1 Å². The molecule has 0 aromatic heterocycles. The summed E-state index contributed by atoms with van der Waals surface area (Å²) >= 11 is 0.